The van der Waals surface area contributed by atoms with Crippen molar-refractivity contribution in [3.05, 3.63) is 0 Å². The Hall–Kier alpha value is -1.06. The van der Waals surface area contributed by atoms with E-state index in [1.807, 2.05) is 0 Å². The van der Waals surface area contributed by atoms with Crippen LogP contribution in [0.15, 0.2) is 0 Å². The molecule has 0 atom stereocenters. The van der Waals surface area contributed by atoms with Crippen LogP contribution in [0.4, 0.5) is 0 Å². The fourth-order valence-electron chi connectivity index (χ4n) is 3.86. The molecule has 2 rings (SSSR count). The van der Waals surface area contributed by atoms with Gasteiger partial charge < -0.3 is 10.4 Å². The molecule has 2 N–H and O–H groups in total. The average Bonchev–Trinajstić information content (AvgIpc) is 2.65. The first-order valence-electron chi connectivity index (χ1n) is 8.12. The third-order valence-corrected chi connectivity index (χ3v) is 4.90. The molecule has 2 aliphatic carbocycles. The second-order valence-electron chi connectivity index (χ2n) is 6.67. The fourth-order valence-corrected chi connectivity index (χ4v) is 3.86. The van der Waals surface area contributed by atoms with Crippen LogP contribution in [0.3, 0.4) is 0 Å². The van der Waals surface area contributed by atoms with Crippen LogP contribution >= 0.6 is 0 Å². The molecule has 0 aliphatic heterocycles. The number of carbonyl (C=O) groups is 2. The lowest BCUT2D eigenvalue weighted by Gasteiger charge is -2.29. The van der Waals surface area contributed by atoms with Crippen LogP contribution in [-0.4, -0.2) is 22.5 Å². The molecule has 0 saturated heterocycles. The Balaban J connectivity index is 1.86. The number of carbonyl (C=O) groups excluding carboxylic acids is 1. The highest BCUT2D eigenvalue weighted by Gasteiger charge is 2.37. The first-order valence-corrected chi connectivity index (χ1v) is 8.12. The molecule has 0 unspecified atom stereocenters. The molecule has 0 radical (unpaired) electrons. The van der Waals surface area contributed by atoms with Gasteiger partial charge in [0.15, 0.2) is 0 Å². The van der Waals surface area contributed by atoms with Gasteiger partial charge in [-0.05, 0) is 31.6 Å². The van der Waals surface area contributed by atoms with Gasteiger partial charge in [-0.2, -0.15) is 0 Å². The van der Waals surface area contributed by atoms with Gasteiger partial charge in [0.2, 0.25) is 5.91 Å². The molecule has 0 aromatic carbocycles. The third-order valence-electron chi connectivity index (χ3n) is 4.90. The Kier molecular flexibility index (Phi) is 5.44. The van der Waals surface area contributed by atoms with Gasteiger partial charge in [-0.1, -0.05) is 38.5 Å². The molecule has 2 fully saturated rings. The lowest BCUT2D eigenvalue weighted by Crippen LogP contribution is -2.48. The summed E-state index contributed by atoms with van der Waals surface area (Å²) >= 11 is 0. The van der Waals surface area contributed by atoms with E-state index in [4.69, 9.17) is 5.11 Å². The maximum Gasteiger partial charge on any atom is 0.305 e. The molecule has 0 aromatic rings. The van der Waals surface area contributed by atoms with E-state index in [0.29, 0.717) is 12.3 Å². The Morgan fingerprint density at radius 1 is 1.00 bits per heavy atom. The summed E-state index contributed by atoms with van der Waals surface area (Å²) < 4.78 is 0. The minimum absolute atomic E-state index is 0.0695. The van der Waals surface area contributed by atoms with Gasteiger partial charge in [0.05, 0.1) is 12.0 Å². The summed E-state index contributed by atoms with van der Waals surface area (Å²) in [6.07, 6.45) is 11.7. The summed E-state index contributed by atoms with van der Waals surface area (Å²) in [7, 11) is 0. The van der Waals surface area contributed by atoms with Gasteiger partial charge in [0.1, 0.15) is 0 Å². The molecular weight excluding hydrogens is 254 g/mol. The van der Waals surface area contributed by atoms with E-state index >= 15 is 0 Å². The molecular formula is C16H27NO3. The first kappa shape index (κ1) is 15.3. The zero-order valence-electron chi connectivity index (χ0n) is 12.3. The molecule has 20 heavy (non-hydrogen) atoms. The van der Waals surface area contributed by atoms with Crippen molar-refractivity contribution in [2.75, 3.05) is 0 Å². The molecule has 1 amide bonds. The highest BCUT2D eigenvalue weighted by molar-refractivity contribution is 5.78. The standard InChI is InChI=1S/C16H27NO3/c18-14(11-13-7-3-1-2-4-8-13)17-16(12-15(19)20)9-5-6-10-16/h13H,1-12H2,(H,17,18)(H,19,20). The molecule has 0 aromatic heterocycles. The predicted molar refractivity (Wildman–Crippen MR) is 77.4 cm³/mol. The lowest BCUT2D eigenvalue weighted by atomic mass is 9.91. The van der Waals surface area contributed by atoms with Crippen molar-refractivity contribution >= 4 is 11.9 Å². The van der Waals surface area contributed by atoms with E-state index in [2.05, 4.69) is 5.32 Å². The van der Waals surface area contributed by atoms with E-state index in [-0.39, 0.29) is 12.3 Å². The summed E-state index contributed by atoms with van der Waals surface area (Å²) in [5.74, 6) is -0.234. The summed E-state index contributed by atoms with van der Waals surface area (Å²) in [6, 6.07) is 0. The van der Waals surface area contributed by atoms with Crippen LogP contribution in [0.5, 0.6) is 0 Å². The molecule has 0 spiro atoms. The van der Waals surface area contributed by atoms with Gasteiger partial charge >= 0.3 is 5.97 Å². The molecule has 2 aliphatic rings. The molecule has 0 bridgehead atoms. The summed E-state index contributed by atoms with van der Waals surface area (Å²) in [6.45, 7) is 0. The minimum atomic E-state index is -0.804. The number of carboxylic acid groups (broad SMARTS) is 1. The molecule has 114 valence electrons. The zero-order chi connectivity index (χ0) is 14.4. The predicted octanol–water partition coefficient (Wildman–Crippen LogP) is 3.25. The topological polar surface area (TPSA) is 66.4 Å². The molecule has 0 heterocycles. The second-order valence-corrected chi connectivity index (χ2v) is 6.67. The van der Waals surface area contributed by atoms with Crippen molar-refractivity contribution in [3.63, 3.8) is 0 Å². The number of hydrogen-bond acceptors (Lipinski definition) is 2. The number of rotatable bonds is 5. The van der Waals surface area contributed by atoms with Crippen LogP contribution in [-0.2, 0) is 9.59 Å². The SMILES string of the molecule is O=C(O)CC1(NC(=O)CC2CCCCCC2)CCCC1. The quantitative estimate of drug-likeness (QED) is 0.760. The minimum Gasteiger partial charge on any atom is -0.481 e. The normalized spacial score (nSPS) is 23.2. The first-order chi connectivity index (χ1) is 9.60. The Labute approximate surface area is 121 Å². The Morgan fingerprint density at radius 2 is 1.60 bits per heavy atom. The van der Waals surface area contributed by atoms with Crippen LogP contribution in [0.25, 0.3) is 0 Å². The van der Waals surface area contributed by atoms with Crippen LogP contribution in [0, 0.1) is 5.92 Å². The molecule has 4 nitrogen and oxygen atoms in total. The van der Waals surface area contributed by atoms with Gasteiger partial charge in [-0.25, -0.2) is 0 Å². The van der Waals surface area contributed by atoms with Crippen molar-refractivity contribution < 1.29 is 14.7 Å². The van der Waals surface area contributed by atoms with E-state index in [9.17, 15) is 9.59 Å². The number of aliphatic carboxylic acids is 1. The maximum absolute atomic E-state index is 12.3. The maximum atomic E-state index is 12.3. The van der Waals surface area contributed by atoms with Crippen molar-refractivity contribution in [1.82, 2.24) is 5.32 Å². The lowest BCUT2D eigenvalue weighted by molar-refractivity contribution is -0.139. The van der Waals surface area contributed by atoms with Crippen molar-refractivity contribution in [2.45, 2.75) is 82.6 Å². The van der Waals surface area contributed by atoms with Crippen LogP contribution in [0.1, 0.15) is 77.0 Å². The number of carboxylic acids is 1. The van der Waals surface area contributed by atoms with Crippen LogP contribution < -0.4 is 5.32 Å². The van der Waals surface area contributed by atoms with Crippen LogP contribution in [0.2, 0.25) is 0 Å². The monoisotopic (exact) mass is 281 g/mol. The Morgan fingerprint density at radius 3 is 2.15 bits per heavy atom. The molecule has 4 heteroatoms. The molecule has 2 saturated carbocycles. The smallest absolute Gasteiger partial charge is 0.305 e. The number of hydrogen-bond donors (Lipinski definition) is 2. The highest BCUT2D eigenvalue weighted by atomic mass is 16.4. The summed E-state index contributed by atoms with van der Waals surface area (Å²) in [4.78, 5) is 23.3. The van der Waals surface area contributed by atoms with E-state index < -0.39 is 11.5 Å². The summed E-state index contributed by atoms with van der Waals surface area (Å²) in [5.41, 5.74) is -0.465. The van der Waals surface area contributed by atoms with Gasteiger partial charge in [-0.3, -0.25) is 9.59 Å². The average molecular weight is 281 g/mol. The van der Waals surface area contributed by atoms with E-state index in [1.54, 1.807) is 0 Å². The van der Waals surface area contributed by atoms with Gasteiger partial charge in [0, 0.05) is 6.42 Å². The second kappa shape index (κ2) is 7.09. The van der Waals surface area contributed by atoms with Crippen molar-refractivity contribution in [2.24, 2.45) is 5.92 Å². The third kappa shape index (κ3) is 4.50. The largest absolute Gasteiger partial charge is 0.481 e. The van der Waals surface area contributed by atoms with Gasteiger partial charge in [0.25, 0.3) is 0 Å². The van der Waals surface area contributed by atoms with E-state index in [1.165, 1.54) is 25.7 Å². The number of amides is 1. The Bertz CT molecular complexity index is 340. The number of nitrogens with one attached hydrogen (secondary N) is 1. The zero-order valence-corrected chi connectivity index (χ0v) is 12.3. The van der Waals surface area contributed by atoms with E-state index in [0.717, 1.165) is 38.5 Å². The van der Waals surface area contributed by atoms with Gasteiger partial charge in [-0.15, -0.1) is 0 Å². The fraction of sp³-hybridized carbons (Fsp3) is 0.875. The summed E-state index contributed by atoms with van der Waals surface area (Å²) in [5, 5.41) is 12.1. The van der Waals surface area contributed by atoms with Crippen molar-refractivity contribution in [3.8, 4) is 0 Å². The van der Waals surface area contributed by atoms with Crippen molar-refractivity contribution in [1.29, 1.82) is 0 Å². The highest BCUT2D eigenvalue weighted by Crippen LogP contribution is 2.33.